The Morgan fingerprint density at radius 2 is 1.76 bits per heavy atom. The van der Waals surface area contributed by atoms with Gasteiger partial charge in [0.1, 0.15) is 0 Å². The lowest BCUT2D eigenvalue weighted by Gasteiger charge is -2.28. The van der Waals surface area contributed by atoms with Crippen LogP contribution in [0.15, 0.2) is 72.1 Å². The Balaban J connectivity index is 1.41. The van der Waals surface area contributed by atoms with Crippen LogP contribution in [0.5, 0.6) is 0 Å². The van der Waals surface area contributed by atoms with Gasteiger partial charge < -0.3 is 4.90 Å². The summed E-state index contributed by atoms with van der Waals surface area (Å²) >= 11 is 1.43. The summed E-state index contributed by atoms with van der Waals surface area (Å²) in [4.78, 5) is 19.1. The molecular weight excluding hydrogens is 430 g/mol. The topological polar surface area (TPSA) is 63.9 Å². The molecule has 0 fully saturated rings. The molecule has 2 aromatic heterocycles. The molecule has 0 bridgehead atoms. The number of thioether (sulfide) groups is 1. The highest BCUT2D eigenvalue weighted by Crippen LogP contribution is 2.29. The number of hydrogen-bond acceptors (Lipinski definition) is 5. The first kappa shape index (κ1) is 21.4. The molecule has 1 aliphatic heterocycles. The molecule has 0 spiro atoms. The number of pyridine rings is 1. The number of carbonyl (C=O) groups is 1. The number of aryl methyl sites for hydroxylation is 2. The average molecular weight is 456 g/mol. The largest absolute Gasteiger partial charge is 0.337 e. The van der Waals surface area contributed by atoms with Gasteiger partial charge in [-0.25, -0.2) is 0 Å². The van der Waals surface area contributed by atoms with Gasteiger partial charge in [-0.1, -0.05) is 42.1 Å². The van der Waals surface area contributed by atoms with Crippen LogP contribution in [-0.2, 0) is 17.8 Å². The summed E-state index contributed by atoms with van der Waals surface area (Å²) in [5.74, 6) is 1.18. The first-order valence-electron chi connectivity index (χ1n) is 11.0. The van der Waals surface area contributed by atoms with Gasteiger partial charge in [-0.15, -0.1) is 10.2 Å². The fourth-order valence-electron chi connectivity index (χ4n) is 4.07. The van der Waals surface area contributed by atoms with Gasteiger partial charge in [0.2, 0.25) is 5.91 Å². The highest BCUT2D eigenvalue weighted by atomic mass is 32.2. The minimum absolute atomic E-state index is 0.120. The van der Waals surface area contributed by atoms with Crippen molar-refractivity contribution in [3.05, 3.63) is 89.2 Å². The summed E-state index contributed by atoms with van der Waals surface area (Å²) in [5, 5.41) is 9.64. The van der Waals surface area contributed by atoms with Crippen molar-refractivity contribution in [2.75, 3.05) is 12.3 Å². The van der Waals surface area contributed by atoms with Crippen LogP contribution >= 0.6 is 11.8 Å². The molecule has 2 aromatic carbocycles. The Kier molecular flexibility index (Phi) is 5.96. The normalized spacial score (nSPS) is 13.1. The van der Waals surface area contributed by atoms with Gasteiger partial charge in [-0.3, -0.25) is 14.3 Å². The summed E-state index contributed by atoms with van der Waals surface area (Å²) in [6.45, 7) is 5.62. The SMILES string of the molecule is Cc1ccc(-n2c(SCC(=O)N3CCc4ccccc4C3)nnc2-c2ccncc2)cc1C. The van der Waals surface area contributed by atoms with Crippen LogP contribution in [0.4, 0.5) is 0 Å². The predicted octanol–water partition coefficient (Wildman–Crippen LogP) is 4.62. The molecule has 5 rings (SSSR count). The van der Waals surface area contributed by atoms with Gasteiger partial charge in [0, 0.05) is 31.0 Å². The smallest absolute Gasteiger partial charge is 0.233 e. The molecular formula is C26H25N5OS. The monoisotopic (exact) mass is 455 g/mol. The zero-order chi connectivity index (χ0) is 22.8. The molecule has 0 saturated heterocycles. The summed E-state index contributed by atoms with van der Waals surface area (Å²) in [5.41, 5.74) is 6.91. The first-order valence-corrected chi connectivity index (χ1v) is 12.0. The van der Waals surface area contributed by atoms with E-state index in [0.717, 1.165) is 30.0 Å². The Hall–Kier alpha value is -3.45. The molecule has 0 atom stereocenters. The van der Waals surface area contributed by atoms with Gasteiger partial charge in [-0.2, -0.15) is 0 Å². The standard InChI is InChI=1S/C26H25N5OS/c1-18-7-8-23(15-19(18)2)31-25(21-9-12-27-13-10-21)28-29-26(31)33-17-24(32)30-14-11-20-5-3-4-6-22(20)16-30/h3-10,12-13,15H,11,14,16-17H2,1-2H3. The number of aromatic nitrogens is 4. The minimum Gasteiger partial charge on any atom is -0.337 e. The van der Waals surface area contributed by atoms with Crippen molar-refractivity contribution >= 4 is 17.7 Å². The van der Waals surface area contributed by atoms with Crippen LogP contribution in [0.1, 0.15) is 22.3 Å². The maximum Gasteiger partial charge on any atom is 0.233 e. The fourth-order valence-corrected chi connectivity index (χ4v) is 4.93. The number of carbonyl (C=O) groups excluding carboxylic acids is 1. The van der Waals surface area contributed by atoms with Gasteiger partial charge in [0.05, 0.1) is 11.4 Å². The van der Waals surface area contributed by atoms with E-state index in [9.17, 15) is 4.79 Å². The Morgan fingerprint density at radius 1 is 0.970 bits per heavy atom. The maximum atomic E-state index is 13.0. The number of nitrogens with zero attached hydrogens (tertiary/aromatic N) is 5. The van der Waals surface area contributed by atoms with Gasteiger partial charge >= 0.3 is 0 Å². The van der Waals surface area contributed by atoms with E-state index in [-0.39, 0.29) is 5.91 Å². The lowest BCUT2D eigenvalue weighted by Crippen LogP contribution is -2.37. The van der Waals surface area contributed by atoms with E-state index in [1.54, 1.807) is 12.4 Å². The van der Waals surface area contributed by atoms with Gasteiger partial charge in [0.25, 0.3) is 0 Å². The van der Waals surface area contributed by atoms with E-state index in [1.165, 1.54) is 34.0 Å². The van der Waals surface area contributed by atoms with E-state index in [0.29, 0.717) is 17.5 Å². The van der Waals surface area contributed by atoms with Crippen molar-refractivity contribution in [1.82, 2.24) is 24.6 Å². The Bertz CT molecular complexity index is 1300. The van der Waals surface area contributed by atoms with E-state index in [2.05, 4.69) is 65.4 Å². The molecule has 3 heterocycles. The molecule has 0 unspecified atom stereocenters. The quantitative estimate of drug-likeness (QED) is 0.411. The van der Waals surface area contributed by atoms with Crippen molar-refractivity contribution in [1.29, 1.82) is 0 Å². The van der Waals surface area contributed by atoms with Gasteiger partial charge in [-0.05, 0) is 66.8 Å². The van der Waals surface area contributed by atoms with Crippen LogP contribution in [0.2, 0.25) is 0 Å². The van der Waals surface area contributed by atoms with E-state index in [4.69, 9.17) is 0 Å². The molecule has 7 heteroatoms. The Labute approximate surface area is 197 Å². The highest BCUT2D eigenvalue weighted by Gasteiger charge is 2.22. The van der Waals surface area contributed by atoms with Crippen LogP contribution in [0.25, 0.3) is 17.1 Å². The van der Waals surface area contributed by atoms with Crippen LogP contribution in [0, 0.1) is 13.8 Å². The maximum absolute atomic E-state index is 13.0. The Morgan fingerprint density at radius 3 is 2.55 bits per heavy atom. The summed E-state index contributed by atoms with van der Waals surface area (Å²) in [6, 6.07) is 18.5. The van der Waals surface area contributed by atoms with Crippen LogP contribution in [-0.4, -0.2) is 42.9 Å². The lowest BCUT2D eigenvalue weighted by atomic mass is 10.00. The summed E-state index contributed by atoms with van der Waals surface area (Å²) in [6.07, 6.45) is 4.40. The van der Waals surface area contributed by atoms with Crippen LogP contribution in [0.3, 0.4) is 0 Å². The lowest BCUT2D eigenvalue weighted by molar-refractivity contribution is -0.129. The van der Waals surface area contributed by atoms with E-state index < -0.39 is 0 Å². The minimum atomic E-state index is 0.120. The second-order valence-corrected chi connectivity index (χ2v) is 9.21. The summed E-state index contributed by atoms with van der Waals surface area (Å²) in [7, 11) is 0. The molecule has 0 aliphatic carbocycles. The molecule has 1 amide bonds. The van der Waals surface area contributed by atoms with E-state index >= 15 is 0 Å². The van der Waals surface area contributed by atoms with Crippen molar-refractivity contribution in [2.24, 2.45) is 0 Å². The molecule has 33 heavy (non-hydrogen) atoms. The zero-order valence-electron chi connectivity index (χ0n) is 18.7. The van der Waals surface area contributed by atoms with Crippen molar-refractivity contribution in [3.63, 3.8) is 0 Å². The van der Waals surface area contributed by atoms with E-state index in [1.807, 2.05) is 27.7 Å². The second kappa shape index (κ2) is 9.19. The predicted molar refractivity (Wildman–Crippen MR) is 130 cm³/mol. The fraction of sp³-hybridized carbons (Fsp3) is 0.231. The third-order valence-corrected chi connectivity index (χ3v) is 7.04. The first-order chi connectivity index (χ1) is 16.1. The van der Waals surface area contributed by atoms with Crippen molar-refractivity contribution < 1.29 is 4.79 Å². The number of fused-ring (bicyclic) bond motifs is 1. The third kappa shape index (κ3) is 4.41. The highest BCUT2D eigenvalue weighted by molar-refractivity contribution is 7.99. The molecule has 0 saturated carbocycles. The zero-order valence-corrected chi connectivity index (χ0v) is 19.5. The molecule has 4 aromatic rings. The van der Waals surface area contributed by atoms with Crippen LogP contribution < -0.4 is 0 Å². The average Bonchev–Trinajstić information content (AvgIpc) is 3.28. The number of amides is 1. The third-order valence-electron chi connectivity index (χ3n) is 6.13. The molecule has 0 radical (unpaired) electrons. The van der Waals surface area contributed by atoms with Gasteiger partial charge in [0.15, 0.2) is 11.0 Å². The molecule has 0 N–H and O–H groups in total. The number of benzene rings is 2. The second-order valence-electron chi connectivity index (χ2n) is 8.27. The summed E-state index contributed by atoms with van der Waals surface area (Å²) < 4.78 is 2.03. The number of rotatable bonds is 5. The van der Waals surface area contributed by atoms with Crippen molar-refractivity contribution in [3.8, 4) is 17.1 Å². The molecule has 166 valence electrons. The molecule has 1 aliphatic rings. The molecule has 6 nitrogen and oxygen atoms in total. The van der Waals surface area contributed by atoms with Crippen molar-refractivity contribution in [2.45, 2.75) is 32.0 Å². The number of hydrogen-bond donors (Lipinski definition) is 0.